The van der Waals surface area contributed by atoms with Crippen LogP contribution in [0.3, 0.4) is 0 Å². The minimum absolute atomic E-state index is 0.133. The summed E-state index contributed by atoms with van der Waals surface area (Å²) in [5, 5.41) is 9.21. The maximum absolute atomic E-state index is 12.4. The van der Waals surface area contributed by atoms with Crippen LogP contribution in [0.5, 0.6) is 0 Å². The van der Waals surface area contributed by atoms with Crippen LogP contribution in [0, 0.1) is 0 Å². The van der Waals surface area contributed by atoms with Crippen molar-refractivity contribution in [3.63, 3.8) is 0 Å². The van der Waals surface area contributed by atoms with Gasteiger partial charge in [-0.05, 0) is 29.3 Å². The van der Waals surface area contributed by atoms with E-state index in [0.29, 0.717) is 21.9 Å². The van der Waals surface area contributed by atoms with Crippen LogP contribution in [0.15, 0.2) is 52.3 Å². The van der Waals surface area contributed by atoms with Gasteiger partial charge in [0.15, 0.2) is 0 Å². The maximum atomic E-state index is 12.4. The Morgan fingerprint density at radius 1 is 1.18 bits per heavy atom. The first-order valence-corrected chi connectivity index (χ1v) is 7.51. The highest BCUT2D eigenvalue weighted by Crippen LogP contribution is 2.42. The number of carbonyl (C=O) groups is 2. The van der Waals surface area contributed by atoms with Crippen LogP contribution in [0.4, 0.5) is 0 Å². The quantitative estimate of drug-likeness (QED) is 0.851. The van der Waals surface area contributed by atoms with Gasteiger partial charge >= 0.3 is 5.97 Å². The highest BCUT2D eigenvalue weighted by atomic mass is 32.2. The summed E-state index contributed by atoms with van der Waals surface area (Å²) in [6.45, 7) is 0.470. The molecule has 0 aromatic heterocycles. The molecule has 0 fully saturated rings. The number of Topliss-reactive ketones (excluding diaryl/α,β-unsaturated/α-hetero) is 1. The number of aromatic carboxylic acids is 1. The largest absolute Gasteiger partial charge is 0.478 e. The molecule has 0 bridgehead atoms. The fourth-order valence-electron chi connectivity index (χ4n) is 2.28. The summed E-state index contributed by atoms with van der Waals surface area (Å²) in [4.78, 5) is 24.7. The molecule has 4 nitrogen and oxygen atoms in total. The Hall–Kier alpha value is -2.37. The number of carboxylic acids is 1. The number of thioether (sulfide) groups is 1. The van der Waals surface area contributed by atoms with Crippen LogP contribution in [0.1, 0.15) is 31.8 Å². The van der Waals surface area contributed by atoms with Crippen molar-refractivity contribution in [2.75, 3.05) is 0 Å². The second-order valence-electron chi connectivity index (χ2n) is 4.87. The van der Waals surface area contributed by atoms with Crippen molar-refractivity contribution >= 4 is 29.6 Å². The summed E-state index contributed by atoms with van der Waals surface area (Å²) < 4.78 is 0. The summed E-state index contributed by atoms with van der Waals surface area (Å²) >= 11 is 1.21. The molecule has 0 spiro atoms. The Kier molecular flexibility index (Phi) is 3.83. The summed E-state index contributed by atoms with van der Waals surface area (Å²) in [6, 6.07) is 12.4. The van der Waals surface area contributed by atoms with Gasteiger partial charge in [-0.15, -0.1) is 0 Å². The van der Waals surface area contributed by atoms with Gasteiger partial charge in [0.05, 0.1) is 10.5 Å². The van der Waals surface area contributed by atoms with Gasteiger partial charge < -0.3 is 10.8 Å². The number of ketones is 1. The lowest BCUT2D eigenvalue weighted by Crippen LogP contribution is -2.00. The van der Waals surface area contributed by atoms with Gasteiger partial charge in [-0.2, -0.15) is 0 Å². The molecular weight excluding hydrogens is 298 g/mol. The van der Waals surface area contributed by atoms with E-state index in [2.05, 4.69) is 0 Å². The van der Waals surface area contributed by atoms with Gasteiger partial charge in [0, 0.05) is 17.0 Å². The molecule has 3 N–H and O–H groups in total. The zero-order chi connectivity index (χ0) is 15.7. The van der Waals surface area contributed by atoms with E-state index in [1.54, 1.807) is 18.2 Å². The van der Waals surface area contributed by atoms with Crippen molar-refractivity contribution in [2.24, 2.45) is 5.73 Å². The number of benzene rings is 2. The molecular formula is C17H13NO3S. The highest BCUT2D eigenvalue weighted by Gasteiger charge is 2.29. The molecule has 5 heteroatoms. The smallest absolute Gasteiger partial charge is 0.336 e. The molecule has 0 amide bonds. The van der Waals surface area contributed by atoms with E-state index in [0.717, 1.165) is 11.1 Å². The first-order valence-electron chi connectivity index (χ1n) is 6.69. The van der Waals surface area contributed by atoms with Gasteiger partial charge in [-0.25, -0.2) is 4.79 Å². The molecule has 0 saturated carbocycles. The summed E-state index contributed by atoms with van der Waals surface area (Å²) in [5.74, 6) is -1.16. The molecule has 0 saturated heterocycles. The minimum Gasteiger partial charge on any atom is -0.478 e. The number of fused-ring (bicyclic) bond motifs is 1. The molecule has 1 heterocycles. The van der Waals surface area contributed by atoms with Gasteiger partial charge in [0.2, 0.25) is 5.78 Å². The van der Waals surface area contributed by atoms with Crippen LogP contribution in [-0.2, 0) is 6.54 Å². The van der Waals surface area contributed by atoms with Gasteiger partial charge in [-0.1, -0.05) is 42.1 Å². The van der Waals surface area contributed by atoms with Crippen molar-refractivity contribution in [3.8, 4) is 0 Å². The molecule has 1 aliphatic heterocycles. The Morgan fingerprint density at radius 2 is 1.91 bits per heavy atom. The van der Waals surface area contributed by atoms with Gasteiger partial charge in [-0.3, -0.25) is 4.79 Å². The average molecular weight is 311 g/mol. The van der Waals surface area contributed by atoms with Crippen molar-refractivity contribution in [3.05, 3.63) is 69.6 Å². The predicted molar refractivity (Wildman–Crippen MR) is 85.9 cm³/mol. The Bertz CT molecular complexity index is 794. The Morgan fingerprint density at radius 3 is 2.55 bits per heavy atom. The van der Waals surface area contributed by atoms with E-state index < -0.39 is 5.97 Å². The first-order chi connectivity index (χ1) is 10.6. The van der Waals surface area contributed by atoms with Crippen molar-refractivity contribution in [1.82, 2.24) is 0 Å². The molecule has 0 unspecified atom stereocenters. The van der Waals surface area contributed by atoms with Crippen LogP contribution in [0.2, 0.25) is 0 Å². The molecule has 110 valence electrons. The number of hydrogen-bond acceptors (Lipinski definition) is 4. The van der Waals surface area contributed by atoms with E-state index in [1.807, 2.05) is 24.3 Å². The normalized spacial score (nSPS) is 15.1. The van der Waals surface area contributed by atoms with Crippen molar-refractivity contribution < 1.29 is 14.7 Å². The van der Waals surface area contributed by atoms with E-state index in [4.69, 9.17) is 5.73 Å². The van der Waals surface area contributed by atoms with Gasteiger partial charge in [0.1, 0.15) is 0 Å². The Labute approximate surface area is 131 Å². The zero-order valence-electron chi connectivity index (χ0n) is 11.6. The van der Waals surface area contributed by atoms with Crippen molar-refractivity contribution in [2.45, 2.75) is 11.4 Å². The summed E-state index contributed by atoms with van der Waals surface area (Å²) in [7, 11) is 0. The molecule has 2 aromatic rings. The predicted octanol–water partition coefficient (Wildman–Crippen LogP) is 3.17. The zero-order valence-corrected chi connectivity index (χ0v) is 12.4. The number of carboxylic acid groups (broad SMARTS) is 1. The van der Waals surface area contributed by atoms with Crippen LogP contribution in [-0.4, -0.2) is 16.9 Å². The second kappa shape index (κ2) is 5.79. The fourth-order valence-corrected chi connectivity index (χ4v) is 3.43. The van der Waals surface area contributed by atoms with E-state index in [9.17, 15) is 14.7 Å². The van der Waals surface area contributed by atoms with Crippen LogP contribution >= 0.6 is 11.8 Å². The number of hydrogen-bond donors (Lipinski definition) is 2. The standard InChI is InChI=1S/C17H13NO3S/c18-9-11-6-4-10(5-7-11)8-14-15(19)12-2-1-3-13(17(20)21)16(12)22-14/h1-8H,9,18H2,(H,20,21)/b14-8+. The summed E-state index contributed by atoms with van der Waals surface area (Å²) in [5.41, 5.74) is 8.08. The summed E-state index contributed by atoms with van der Waals surface area (Å²) in [6.07, 6.45) is 1.78. The molecule has 0 atom stereocenters. The Balaban J connectivity index is 1.97. The number of rotatable bonds is 3. The SMILES string of the molecule is NCc1ccc(/C=C2/Sc3c(C(=O)O)cccc3C2=O)cc1. The van der Waals surface area contributed by atoms with E-state index >= 15 is 0 Å². The van der Waals surface area contributed by atoms with Crippen LogP contribution in [0.25, 0.3) is 6.08 Å². The first kappa shape index (κ1) is 14.6. The van der Waals surface area contributed by atoms with Gasteiger partial charge in [0.25, 0.3) is 0 Å². The lowest BCUT2D eigenvalue weighted by atomic mass is 10.1. The number of carbonyl (C=O) groups excluding carboxylic acids is 1. The lowest BCUT2D eigenvalue weighted by molar-refractivity contribution is 0.0693. The lowest BCUT2D eigenvalue weighted by Gasteiger charge is -2.00. The van der Waals surface area contributed by atoms with E-state index in [1.165, 1.54) is 17.8 Å². The number of nitrogens with two attached hydrogens (primary N) is 1. The monoisotopic (exact) mass is 311 g/mol. The maximum Gasteiger partial charge on any atom is 0.336 e. The van der Waals surface area contributed by atoms with Crippen molar-refractivity contribution in [1.29, 1.82) is 0 Å². The third-order valence-electron chi connectivity index (χ3n) is 3.44. The van der Waals surface area contributed by atoms with Crippen LogP contribution < -0.4 is 5.73 Å². The molecule has 3 rings (SSSR count). The minimum atomic E-state index is -1.02. The highest BCUT2D eigenvalue weighted by molar-refractivity contribution is 8.05. The second-order valence-corrected chi connectivity index (χ2v) is 5.93. The number of allylic oxidation sites excluding steroid dienone is 1. The molecule has 22 heavy (non-hydrogen) atoms. The molecule has 2 aromatic carbocycles. The van der Waals surface area contributed by atoms with E-state index in [-0.39, 0.29) is 11.3 Å². The molecule has 0 radical (unpaired) electrons. The molecule has 0 aliphatic carbocycles. The third-order valence-corrected chi connectivity index (χ3v) is 4.61. The topological polar surface area (TPSA) is 80.4 Å². The molecule has 1 aliphatic rings. The fraction of sp³-hybridized carbons (Fsp3) is 0.0588. The average Bonchev–Trinajstić information content (AvgIpc) is 2.84. The third kappa shape index (κ3) is 2.56.